The molecule has 1 aliphatic rings. The van der Waals surface area contributed by atoms with Crippen LogP contribution in [0.4, 0.5) is 0 Å². The Morgan fingerprint density at radius 2 is 1.94 bits per heavy atom. The maximum Gasteiger partial charge on any atom is 0.0220 e. The molecule has 0 radical (unpaired) electrons. The summed E-state index contributed by atoms with van der Waals surface area (Å²) in [7, 11) is 0. The van der Waals surface area contributed by atoms with Crippen molar-refractivity contribution in [3.8, 4) is 0 Å². The quantitative estimate of drug-likeness (QED) is 0.711. The van der Waals surface area contributed by atoms with Gasteiger partial charge in [-0.3, -0.25) is 4.90 Å². The van der Waals surface area contributed by atoms with E-state index in [0.29, 0.717) is 6.04 Å². The highest BCUT2D eigenvalue weighted by molar-refractivity contribution is 4.88. The first kappa shape index (κ1) is 16.0. The summed E-state index contributed by atoms with van der Waals surface area (Å²) in [6.07, 6.45) is 6.61. The minimum Gasteiger partial charge on any atom is -0.312 e. The van der Waals surface area contributed by atoms with Gasteiger partial charge in [-0.15, -0.1) is 0 Å². The second-order valence-electron chi connectivity index (χ2n) is 6.13. The van der Waals surface area contributed by atoms with Crippen molar-refractivity contribution in [1.29, 1.82) is 0 Å². The Balaban J connectivity index is 2.57. The van der Waals surface area contributed by atoms with Crippen molar-refractivity contribution in [3.63, 3.8) is 0 Å². The number of likely N-dealkylation sites (tertiary alicyclic amines) is 1. The first-order valence-electron chi connectivity index (χ1n) is 8.13. The van der Waals surface area contributed by atoms with Crippen molar-refractivity contribution in [2.24, 2.45) is 5.92 Å². The van der Waals surface area contributed by atoms with E-state index in [1.165, 1.54) is 38.6 Å². The molecule has 1 N–H and O–H groups in total. The lowest BCUT2D eigenvalue weighted by molar-refractivity contribution is 0.157. The first-order valence-corrected chi connectivity index (χ1v) is 8.13. The van der Waals surface area contributed by atoms with Crippen molar-refractivity contribution in [2.45, 2.75) is 84.8 Å². The summed E-state index contributed by atoms with van der Waals surface area (Å²) in [5.41, 5.74) is 0. The molecule has 1 saturated heterocycles. The van der Waals surface area contributed by atoms with Gasteiger partial charge in [-0.25, -0.2) is 0 Å². The number of nitrogens with zero attached hydrogens (tertiary/aromatic N) is 1. The largest absolute Gasteiger partial charge is 0.312 e. The third-order valence-corrected chi connectivity index (χ3v) is 4.82. The van der Waals surface area contributed by atoms with Gasteiger partial charge in [-0.1, -0.05) is 34.1 Å². The predicted octanol–water partition coefficient (Wildman–Crippen LogP) is 3.66. The van der Waals surface area contributed by atoms with Crippen molar-refractivity contribution in [1.82, 2.24) is 10.2 Å². The second kappa shape index (κ2) is 8.16. The van der Waals surface area contributed by atoms with E-state index in [9.17, 15) is 0 Å². The number of hydrogen-bond donors (Lipinski definition) is 1. The van der Waals surface area contributed by atoms with E-state index in [-0.39, 0.29) is 0 Å². The molecule has 2 nitrogen and oxygen atoms in total. The molecule has 1 heterocycles. The van der Waals surface area contributed by atoms with Gasteiger partial charge in [-0.05, 0) is 45.1 Å². The van der Waals surface area contributed by atoms with Gasteiger partial charge in [0.05, 0.1) is 0 Å². The summed E-state index contributed by atoms with van der Waals surface area (Å²) >= 11 is 0. The van der Waals surface area contributed by atoms with Gasteiger partial charge in [0.15, 0.2) is 0 Å². The van der Waals surface area contributed by atoms with E-state index in [2.05, 4.69) is 44.8 Å². The van der Waals surface area contributed by atoms with Gasteiger partial charge in [0.2, 0.25) is 0 Å². The van der Waals surface area contributed by atoms with Crippen LogP contribution < -0.4 is 5.32 Å². The Morgan fingerprint density at radius 3 is 2.50 bits per heavy atom. The van der Waals surface area contributed by atoms with E-state index < -0.39 is 0 Å². The molecule has 0 aliphatic carbocycles. The molecule has 0 aromatic rings. The van der Waals surface area contributed by atoms with E-state index in [1.54, 1.807) is 0 Å². The van der Waals surface area contributed by atoms with E-state index >= 15 is 0 Å². The van der Waals surface area contributed by atoms with Crippen molar-refractivity contribution in [3.05, 3.63) is 0 Å². The molecule has 108 valence electrons. The Bertz CT molecular complexity index is 217. The first-order chi connectivity index (χ1) is 8.63. The predicted molar refractivity (Wildman–Crippen MR) is 81.0 cm³/mol. The van der Waals surface area contributed by atoms with E-state index in [4.69, 9.17) is 0 Å². The lowest BCUT2D eigenvalue weighted by Crippen LogP contribution is -2.48. The molecule has 1 fully saturated rings. The minimum absolute atomic E-state index is 0.671. The van der Waals surface area contributed by atoms with Crippen LogP contribution in [0.2, 0.25) is 0 Å². The van der Waals surface area contributed by atoms with Gasteiger partial charge in [0.1, 0.15) is 0 Å². The highest BCUT2D eigenvalue weighted by Crippen LogP contribution is 2.27. The van der Waals surface area contributed by atoms with Crippen LogP contribution in [0.5, 0.6) is 0 Å². The lowest BCUT2D eigenvalue weighted by Gasteiger charge is -2.34. The molecule has 0 amide bonds. The summed E-state index contributed by atoms with van der Waals surface area (Å²) in [5.74, 6) is 0.779. The third-order valence-electron chi connectivity index (χ3n) is 4.82. The van der Waals surface area contributed by atoms with Crippen LogP contribution in [0.3, 0.4) is 0 Å². The molecular weight excluding hydrogens is 220 g/mol. The zero-order valence-corrected chi connectivity index (χ0v) is 13.2. The summed E-state index contributed by atoms with van der Waals surface area (Å²) in [5, 5.41) is 3.77. The smallest absolute Gasteiger partial charge is 0.0220 e. The highest BCUT2D eigenvalue weighted by Gasteiger charge is 2.31. The highest BCUT2D eigenvalue weighted by atomic mass is 15.2. The average molecular weight is 254 g/mol. The Hall–Kier alpha value is -0.0800. The maximum atomic E-state index is 3.77. The fourth-order valence-corrected chi connectivity index (χ4v) is 3.18. The Labute approximate surface area is 115 Å². The summed E-state index contributed by atoms with van der Waals surface area (Å²) in [4.78, 5) is 2.76. The molecule has 1 aliphatic heterocycles. The normalized spacial score (nSPS) is 28.5. The molecule has 18 heavy (non-hydrogen) atoms. The molecule has 0 spiro atoms. The SMILES string of the molecule is CCCNC(CN1C(C)CCC1CC)C(C)CC. The topological polar surface area (TPSA) is 15.3 Å². The van der Waals surface area contributed by atoms with Gasteiger partial charge in [0.25, 0.3) is 0 Å². The number of nitrogens with one attached hydrogen (secondary N) is 1. The zero-order valence-electron chi connectivity index (χ0n) is 13.2. The van der Waals surface area contributed by atoms with Crippen LogP contribution >= 0.6 is 0 Å². The standard InChI is InChI=1S/C16H34N2/c1-6-11-17-16(13(4)7-2)12-18-14(5)9-10-15(18)8-3/h13-17H,6-12H2,1-5H3. The molecule has 4 unspecified atom stereocenters. The van der Waals surface area contributed by atoms with Crippen LogP contribution in [0.25, 0.3) is 0 Å². The Kier molecular flexibility index (Phi) is 7.25. The van der Waals surface area contributed by atoms with Crippen LogP contribution in [0.1, 0.15) is 66.7 Å². The molecule has 0 aromatic heterocycles. The van der Waals surface area contributed by atoms with Gasteiger partial charge in [-0.2, -0.15) is 0 Å². The molecule has 0 aromatic carbocycles. The van der Waals surface area contributed by atoms with E-state index in [0.717, 1.165) is 24.5 Å². The number of rotatable bonds is 8. The van der Waals surface area contributed by atoms with Gasteiger partial charge < -0.3 is 5.32 Å². The average Bonchev–Trinajstić information content (AvgIpc) is 2.74. The summed E-state index contributed by atoms with van der Waals surface area (Å²) < 4.78 is 0. The Morgan fingerprint density at radius 1 is 1.22 bits per heavy atom. The van der Waals surface area contributed by atoms with Crippen LogP contribution in [0.15, 0.2) is 0 Å². The van der Waals surface area contributed by atoms with Crippen molar-refractivity contribution < 1.29 is 0 Å². The van der Waals surface area contributed by atoms with E-state index in [1.807, 2.05) is 0 Å². The lowest BCUT2D eigenvalue weighted by atomic mass is 9.97. The van der Waals surface area contributed by atoms with Crippen LogP contribution in [-0.4, -0.2) is 36.1 Å². The molecule has 0 saturated carbocycles. The van der Waals surface area contributed by atoms with Gasteiger partial charge >= 0.3 is 0 Å². The maximum absolute atomic E-state index is 3.77. The third kappa shape index (κ3) is 4.24. The number of hydrogen-bond acceptors (Lipinski definition) is 2. The minimum atomic E-state index is 0.671. The zero-order chi connectivity index (χ0) is 13.5. The molecule has 2 heteroatoms. The van der Waals surface area contributed by atoms with Crippen LogP contribution in [0, 0.1) is 5.92 Å². The van der Waals surface area contributed by atoms with Crippen LogP contribution in [-0.2, 0) is 0 Å². The monoisotopic (exact) mass is 254 g/mol. The van der Waals surface area contributed by atoms with Crippen molar-refractivity contribution in [2.75, 3.05) is 13.1 Å². The molecule has 0 bridgehead atoms. The molecule has 4 atom stereocenters. The molecule has 1 rings (SSSR count). The van der Waals surface area contributed by atoms with Gasteiger partial charge in [0, 0.05) is 24.7 Å². The summed E-state index contributed by atoms with van der Waals surface area (Å²) in [6.45, 7) is 14.1. The summed E-state index contributed by atoms with van der Waals surface area (Å²) in [6, 6.07) is 2.28. The van der Waals surface area contributed by atoms with Crippen molar-refractivity contribution >= 4 is 0 Å². The second-order valence-corrected chi connectivity index (χ2v) is 6.13. The fraction of sp³-hybridized carbons (Fsp3) is 1.00. The fourth-order valence-electron chi connectivity index (χ4n) is 3.18. The molecular formula is C16H34N2.